The van der Waals surface area contributed by atoms with Crippen LogP contribution in [-0.4, -0.2) is 14.3 Å². The smallest absolute Gasteiger partial charge is 0.259 e. The normalized spacial score (nSPS) is 18.8. The van der Waals surface area contributed by atoms with Crippen molar-refractivity contribution in [3.63, 3.8) is 0 Å². The van der Waals surface area contributed by atoms with Gasteiger partial charge in [0.15, 0.2) is 0 Å². The first-order chi connectivity index (χ1) is 9.24. The van der Waals surface area contributed by atoms with Crippen molar-refractivity contribution in [1.82, 2.24) is 14.3 Å². The fourth-order valence-electron chi connectivity index (χ4n) is 2.50. The second-order valence-corrected chi connectivity index (χ2v) is 5.83. The largest absolute Gasteiger partial charge is 0.368 e. The maximum atomic E-state index is 12.2. The predicted molar refractivity (Wildman–Crippen MR) is 73.1 cm³/mol. The Hall–Kier alpha value is -1.55. The second kappa shape index (κ2) is 3.97. The lowest BCUT2D eigenvalue weighted by Crippen LogP contribution is -2.21. The molecule has 1 aromatic heterocycles. The highest BCUT2D eigenvalue weighted by Crippen LogP contribution is 2.43. The van der Waals surface area contributed by atoms with Gasteiger partial charge in [0.2, 0.25) is 0 Å². The fraction of sp³-hybridized carbons (Fsp3) is 0.429. The monoisotopic (exact) mass is 275 g/mol. The number of benzene rings is 1. The molecule has 19 heavy (non-hydrogen) atoms. The van der Waals surface area contributed by atoms with Gasteiger partial charge in [-0.3, -0.25) is 4.68 Å². The SMILES string of the molecule is O=c1nc(C2CC2)n(C2CC2)n1-c1ccc(Cl)cc1. The molecule has 0 N–H and O–H groups in total. The van der Waals surface area contributed by atoms with Crippen LogP contribution in [0.3, 0.4) is 0 Å². The van der Waals surface area contributed by atoms with Crippen molar-refractivity contribution >= 4 is 11.6 Å². The maximum absolute atomic E-state index is 12.2. The van der Waals surface area contributed by atoms with E-state index in [9.17, 15) is 4.79 Å². The van der Waals surface area contributed by atoms with E-state index in [1.54, 1.807) is 4.68 Å². The third-order valence-corrected chi connectivity index (χ3v) is 4.00. The molecule has 0 amide bonds. The van der Waals surface area contributed by atoms with Gasteiger partial charge in [0.25, 0.3) is 0 Å². The van der Waals surface area contributed by atoms with Crippen molar-refractivity contribution in [3.8, 4) is 5.69 Å². The van der Waals surface area contributed by atoms with Crippen LogP contribution >= 0.6 is 11.6 Å². The van der Waals surface area contributed by atoms with Crippen LogP contribution in [0.5, 0.6) is 0 Å². The second-order valence-electron chi connectivity index (χ2n) is 5.39. The number of rotatable bonds is 3. The van der Waals surface area contributed by atoms with Crippen molar-refractivity contribution in [2.75, 3.05) is 0 Å². The summed E-state index contributed by atoms with van der Waals surface area (Å²) >= 11 is 5.91. The Kier molecular flexibility index (Phi) is 2.36. The Balaban J connectivity index is 1.90. The average molecular weight is 276 g/mol. The first-order valence-corrected chi connectivity index (χ1v) is 7.09. The molecule has 1 heterocycles. The summed E-state index contributed by atoms with van der Waals surface area (Å²) in [5.41, 5.74) is 0.678. The van der Waals surface area contributed by atoms with Crippen LogP contribution in [0, 0.1) is 0 Å². The van der Waals surface area contributed by atoms with E-state index in [-0.39, 0.29) is 5.69 Å². The number of halogens is 1. The molecule has 98 valence electrons. The molecule has 4 nitrogen and oxygen atoms in total. The summed E-state index contributed by atoms with van der Waals surface area (Å²) in [6.45, 7) is 0. The van der Waals surface area contributed by atoms with Crippen molar-refractivity contribution in [3.05, 3.63) is 45.6 Å². The molecule has 0 unspecified atom stereocenters. The van der Waals surface area contributed by atoms with E-state index in [1.165, 1.54) is 0 Å². The molecule has 4 rings (SSSR count). The van der Waals surface area contributed by atoms with Gasteiger partial charge in [-0.1, -0.05) is 11.6 Å². The number of nitrogens with zero attached hydrogens (tertiary/aromatic N) is 3. The predicted octanol–water partition coefficient (Wildman–Crippen LogP) is 2.90. The maximum Gasteiger partial charge on any atom is 0.368 e. The lowest BCUT2D eigenvalue weighted by Gasteiger charge is -2.12. The summed E-state index contributed by atoms with van der Waals surface area (Å²) in [4.78, 5) is 16.5. The van der Waals surface area contributed by atoms with Gasteiger partial charge in [-0.05, 0) is 49.9 Å². The topological polar surface area (TPSA) is 39.8 Å². The van der Waals surface area contributed by atoms with Crippen molar-refractivity contribution in [2.24, 2.45) is 0 Å². The van der Waals surface area contributed by atoms with Crippen LogP contribution in [0.25, 0.3) is 5.69 Å². The zero-order valence-electron chi connectivity index (χ0n) is 10.4. The van der Waals surface area contributed by atoms with Crippen LogP contribution in [0.15, 0.2) is 29.1 Å². The van der Waals surface area contributed by atoms with E-state index in [0.717, 1.165) is 37.2 Å². The molecule has 0 atom stereocenters. The summed E-state index contributed by atoms with van der Waals surface area (Å²) in [7, 11) is 0. The van der Waals surface area contributed by atoms with Crippen LogP contribution in [0.4, 0.5) is 0 Å². The summed E-state index contributed by atoms with van der Waals surface area (Å²) < 4.78 is 3.82. The third kappa shape index (κ3) is 1.91. The first kappa shape index (κ1) is 11.3. The van der Waals surface area contributed by atoms with Gasteiger partial charge in [0, 0.05) is 10.9 Å². The molecule has 0 saturated heterocycles. The van der Waals surface area contributed by atoms with E-state index in [4.69, 9.17) is 11.6 Å². The summed E-state index contributed by atoms with van der Waals surface area (Å²) in [5.74, 6) is 1.46. The van der Waals surface area contributed by atoms with Gasteiger partial charge in [0.05, 0.1) is 11.7 Å². The number of hydrogen-bond donors (Lipinski definition) is 0. The Morgan fingerprint density at radius 1 is 1.11 bits per heavy atom. The van der Waals surface area contributed by atoms with Crippen LogP contribution in [0.1, 0.15) is 43.5 Å². The summed E-state index contributed by atoms with van der Waals surface area (Å²) in [6, 6.07) is 7.82. The van der Waals surface area contributed by atoms with Gasteiger partial charge in [-0.2, -0.15) is 9.67 Å². The fourth-order valence-corrected chi connectivity index (χ4v) is 2.62. The minimum atomic E-state index is -0.170. The quantitative estimate of drug-likeness (QED) is 0.864. The molecule has 2 aliphatic carbocycles. The highest BCUT2D eigenvalue weighted by molar-refractivity contribution is 6.30. The Labute approximate surface area is 115 Å². The minimum absolute atomic E-state index is 0.170. The zero-order chi connectivity index (χ0) is 13.0. The molecule has 2 fully saturated rings. The van der Waals surface area contributed by atoms with Gasteiger partial charge >= 0.3 is 5.69 Å². The molecular weight excluding hydrogens is 262 g/mol. The third-order valence-electron chi connectivity index (χ3n) is 3.75. The molecule has 0 aliphatic heterocycles. The molecule has 1 aromatic carbocycles. The molecule has 2 aliphatic rings. The van der Waals surface area contributed by atoms with Crippen molar-refractivity contribution in [2.45, 2.75) is 37.6 Å². The lowest BCUT2D eigenvalue weighted by atomic mass is 10.3. The van der Waals surface area contributed by atoms with Gasteiger partial charge in [0.1, 0.15) is 5.82 Å². The standard InChI is InChI=1S/C14H14ClN3O/c15-10-3-5-12(6-4-10)18-14(19)16-13(9-1-2-9)17(18)11-7-8-11/h3-6,9,11H,1-2,7-8H2. The molecule has 5 heteroatoms. The average Bonchev–Trinajstić information content (AvgIpc) is 3.29. The molecule has 2 saturated carbocycles. The van der Waals surface area contributed by atoms with E-state index in [2.05, 4.69) is 9.67 Å². The Morgan fingerprint density at radius 2 is 1.79 bits per heavy atom. The molecule has 0 spiro atoms. The minimum Gasteiger partial charge on any atom is -0.259 e. The summed E-state index contributed by atoms with van der Waals surface area (Å²) in [6.07, 6.45) is 4.60. The Morgan fingerprint density at radius 3 is 2.37 bits per heavy atom. The highest BCUT2D eigenvalue weighted by atomic mass is 35.5. The molecule has 0 radical (unpaired) electrons. The zero-order valence-corrected chi connectivity index (χ0v) is 11.2. The van der Waals surface area contributed by atoms with E-state index < -0.39 is 0 Å². The van der Waals surface area contributed by atoms with Gasteiger partial charge in [-0.15, -0.1) is 0 Å². The highest BCUT2D eigenvalue weighted by Gasteiger charge is 2.36. The van der Waals surface area contributed by atoms with Crippen LogP contribution in [-0.2, 0) is 0 Å². The van der Waals surface area contributed by atoms with Crippen LogP contribution < -0.4 is 5.69 Å². The molecule has 0 bridgehead atoms. The van der Waals surface area contributed by atoms with E-state index in [0.29, 0.717) is 17.0 Å². The summed E-state index contributed by atoms with van der Waals surface area (Å²) in [5, 5.41) is 0.678. The van der Waals surface area contributed by atoms with Crippen molar-refractivity contribution < 1.29 is 0 Å². The van der Waals surface area contributed by atoms with Crippen LogP contribution in [0.2, 0.25) is 5.02 Å². The lowest BCUT2D eigenvalue weighted by molar-refractivity contribution is 0.534. The van der Waals surface area contributed by atoms with E-state index >= 15 is 0 Å². The number of hydrogen-bond acceptors (Lipinski definition) is 2. The Bertz CT molecular complexity index is 678. The molecular formula is C14H14ClN3O. The van der Waals surface area contributed by atoms with Gasteiger partial charge in [-0.25, -0.2) is 4.79 Å². The van der Waals surface area contributed by atoms with Gasteiger partial charge < -0.3 is 0 Å². The van der Waals surface area contributed by atoms with Crippen molar-refractivity contribution in [1.29, 1.82) is 0 Å². The first-order valence-electron chi connectivity index (χ1n) is 6.71. The molecule has 2 aromatic rings. The number of aromatic nitrogens is 3. The van der Waals surface area contributed by atoms with E-state index in [1.807, 2.05) is 24.3 Å².